The lowest BCUT2D eigenvalue weighted by atomic mass is 9.97. The highest BCUT2D eigenvalue weighted by Crippen LogP contribution is 2.42. The summed E-state index contributed by atoms with van der Waals surface area (Å²) in [6.07, 6.45) is 18.9. The number of pyridine rings is 2. The Hall–Kier alpha value is -1.86. The van der Waals surface area contributed by atoms with Gasteiger partial charge in [-0.1, -0.05) is 71.4 Å². The van der Waals surface area contributed by atoms with Crippen molar-refractivity contribution in [2.24, 2.45) is 0 Å². The normalized spacial score (nSPS) is 24.6. The minimum atomic E-state index is -1.46. The predicted octanol–water partition coefficient (Wildman–Crippen LogP) is 3.17. The van der Waals surface area contributed by atoms with E-state index in [-0.39, 0.29) is 58.7 Å². The quantitative estimate of drug-likeness (QED) is 0.188. The van der Waals surface area contributed by atoms with E-state index in [0.29, 0.717) is 5.56 Å². The van der Waals surface area contributed by atoms with E-state index in [1.54, 1.807) is 18.5 Å². The molecular formula is C34H50Br2N2O7. The maximum Gasteiger partial charge on any atom is 0.232 e. The number of aliphatic hydroxyl groups is 2. The Labute approximate surface area is 289 Å². The molecule has 4 unspecified atom stereocenters. The number of rotatable bonds is 17. The van der Waals surface area contributed by atoms with Crippen LogP contribution in [-0.2, 0) is 30.2 Å². The summed E-state index contributed by atoms with van der Waals surface area (Å²) in [5.74, 6) is 0.347. The van der Waals surface area contributed by atoms with Crippen LogP contribution in [0.2, 0.25) is 0 Å². The van der Waals surface area contributed by atoms with E-state index >= 15 is 0 Å². The minimum absolute atomic E-state index is 0. The van der Waals surface area contributed by atoms with Gasteiger partial charge < -0.3 is 50.9 Å². The molecule has 0 aromatic carbocycles. The first-order valence-corrected chi connectivity index (χ1v) is 15.7. The Bertz CT molecular complexity index is 1170. The fraction of sp³-hybridized carbons (Fsp3) is 0.588. The first kappa shape index (κ1) is 39.3. The zero-order valence-electron chi connectivity index (χ0n) is 26.4. The van der Waals surface area contributed by atoms with Gasteiger partial charge in [0.25, 0.3) is 0 Å². The topological polar surface area (TPSA) is 103 Å². The molecular weight excluding hydrogens is 708 g/mol. The van der Waals surface area contributed by atoms with Gasteiger partial charge in [0, 0.05) is 30.4 Å². The lowest BCUT2D eigenvalue weighted by molar-refractivity contribution is -0.698. The number of hydrogen-bond donors (Lipinski definition) is 2. The van der Waals surface area contributed by atoms with Crippen molar-refractivity contribution in [1.82, 2.24) is 4.98 Å². The highest BCUT2D eigenvalue weighted by Gasteiger charge is 2.53. The lowest BCUT2D eigenvalue weighted by Gasteiger charge is -2.48. The molecule has 2 aromatic heterocycles. The van der Waals surface area contributed by atoms with Crippen LogP contribution < -0.4 is 21.5 Å². The van der Waals surface area contributed by atoms with Crippen molar-refractivity contribution in [3.63, 3.8) is 0 Å². The fourth-order valence-electron chi connectivity index (χ4n) is 5.45. The van der Waals surface area contributed by atoms with E-state index in [0.717, 1.165) is 18.5 Å². The monoisotopic (exact) mass is 756 g/mol. The van der Waals surface area contributed by atoms with Gasteiger partial charge in [-0.05, 0) is 24.6 Å². The van der Waals surface area contributed by atoms with Crippen molar-refractivity contribution in [2.75, 3.05) is 26.4 Å². The molecule has 0 aliphatic carbocycles. The van der Waals surface area contributed by atoms with Crippen molar-refractivity contribution < 1.29 is 55.4 Å². The SMILES string of the molecule is Br.C=C1OC(c2cccnc2)OCC1(CO)OC1(CO)COC(c2ccc[n+](CCCCCCCCCCCC)c2)OC1=C.[Br-]. The second-order valence-corrected chi connectivity index (χ2v) is 11.6. The molecule has 9 nitrogen and oxygen atoms in total. The molecule has 2 fully saturated rings. The summed E-state index contributed by atoms with van der Waals surface area (Å²) in [5.41, 5.74) is -1.38. The summed E-state index contributed by atoms with van der Waals surface area (Å²) >= 11 is 0. The van der Waals surface area contributed by atoms with Crippen LogP contribution >= 0.6 is 17.0 Å². The number of unbranched alkanes of at least 4 members (excludes halogenated alkanes) is 9. The third-order valence-corrected chi connectivity index (χ3v) is 8.23. The van der Waals surface area contributed by atoms with Crippen LogP contribution in [0, 0.1) is 0 Å². The van der Waals surface area contributed by atoms with E-state index in [9.17, 15) is 10.2 Å². The number of aromatic nitrogens is 2. The predicted molar refractivity (Wildman–Crippen MR) is 172 cm³/mol. The van der Waals surface area contributed by atoms with Crippen molar-refractivity contribution >= 4 is 17.0 Å². The van der Waals surface area contributed by atoms with Crippen LogP contribution in [0.15, 0.2) is 73.7 Å². The minimum Gasteiger partial charge on any atom is -1.00 e. The van der Waals surface area contributed by atoms with Crippen molar-refractivity contribution in [2.45, 2.75) is 101 Å². The molecule has 4 rings (SSSR count). The molecule has 11 heteroatoms. The molecule has 0 amide bonds. The van der Waals surface area contributed by atoms with Gasteiger partial charge in [0.2, 0.25) is 12.6 Å². The number of halogens is 2. The first-order chi connectivity index (χ1) is 20.9. The Kier molecular flexibility index (Phi) is 17.2. The molecule has 4 atom stereocenters. The summed E-state index contributed by atoms with van der Waals surface area (Å²) in [4.78, 5) is 4.09. The zero-order chi connectivity index (χ0) is 30.5. The van der Waals surface area contributed by atoms with Gasteiger partial charge in [0.15, 0.2) is 23.6 Å². The van der Waals surface area contributed by atoms with Crippen LogP contribution in [0.25, 0.3) is 0 Å². The molecule has 252 valence electrons. The average Bonchev–Trinajstić information content (AvgIpc) is 3.04. The Morgan fingerprint density at radius 2 is 1.38 bits per heavy atom. The van der Waals surface area contributed by atoms with E-state index < -0.39 is 37.0 Å². The number of hydrogen-bond acceptors (Lipinski definition) is 8. The Morgan fingerprint density at radius 1 is 0.844 bits per heavy atom. The average molecular weight is 759 g/mol. The number of nitrogens with zero attached hydrogens (tertiary/aromatic N) is 2. The largest absolute Gasteiger partial charge is 1.00 e. The highest BCUT2D eigenvalue weighted by atomic mass is 79.9. The second kappa shape index (κ2) is 19.7. The molecule has 4 heterocycles. The molecule has 2 aromatic rings. The van der Waals surface area contributed by atoms with Gasteiger partial charge in [-0.25, -0.2) is 4.57 Å². The number of ether oxygens (including phenoxy) is 5. The maximum atomic E-state index is 10.4. The number of aliphatic hydroxyl groups excluding tert-OH is 2. The fourth-order valence-corrected chi connectivity index (χ4v) is 5.45. The molecule has 2 saturated heterocycles. The standard InChI is InChI=1S/C34H49N2O7.2BrH/c1-4-5-6-7-8-9-10-11-12-13-19-36-20-15-17-30(22-36)32-40-26-34(24-38,28(3)42-32)43-33(23-37)25-39-31(41-27(33)2)29-16-14-18-35-21-29;;/h14-18,20-22,31-32,37-38H,2-13,19,23-26H2,1H3;2*1H/q+1;;/p-1. The van der Waals surface area contributed by atoms with Gasteiger partial charge in [-0.2, -0.15) is 0 Å². The van der Waals surface area contributed by atoms with Crippen molar-refractivity contribution in [3.05, 3.63) is 84.9 Å². The van der Waals surface area contributed by atoms with Gasteiger partial charge in [0.05, 0.1) is 32.0 Å². The summed E-state index contributed by atoms with van der Waals surface area (Å²) in [6.45, 7) is 10.1. The van der Waals surface area contributed by atoms with Crippen LogP contribution in [0.1, 0.15) is 94.8 Å². The summed E-state index contributed by atoms with van der Waals surface area (Å²) < 4.78 is 32.4. The molecule has 2 N–H and O–H groups in total. The Morgan fingerprint density at radius 3 is 1.89 bits per heavy atom. The van der Waals surface area contributed by atoms with E-state index in [4.69, 9.17) is 23.7 Å². The molecule has 45 heavy (non-hydrogen) atoms. The van der Waals surface area contributed by atoms with Crippen molar-refractivity contribution in [3.8, 4) is 0 Å². The third-order valence-electron chi connectivity index (χ3n) is 8.23. The Balaban J connectivity index is 0.00000353. The van der Waals surface area contributed by atoms with E-state index in [2.05, 4.69) is 35.8 Å². The summed E-state index contributed by atoms with van der Waals surface area (Å²) in [7, 11) is 0. The van der Waals surface area contributed by atoms with E-state index in [1.807, 2.05) is 24.4 Å². The van der Waals surface area contributed by atoms with Crippen LogP contribution in [0.5, 0.6) is 0 Å². The van der Waals surface area contributed by atoms with E-state index in [1.165, 1.54) is 57.8 Å². The second-order valence-electron chi connectivity index (χ2n) is 11.6. The highest BCUT2D eigenvalue weighted by molar-refractivity contribution is 8.93. The van der Waals surface area contributed by atoms with Gasteiger partial charge in [0.1, 0.15) is 18.1 Å². The molecule has 0 bridgehead atoms. The smallest absolute Gasteiger partial charge is 0.232 e. The molecule has 2 aliphatic rings. The molecule has 0 spiro atoms. The van der Waals surface area contributed by atoms with Gasteiger partial charge in [-0.15, -0.1) is 17.0 Å². The molecule has 0 radical (unpaired) electrons. The summed E-state index contributed by atoms with van der Waals surface area (Å²) in [5, 5.41) is 20.8. The number of aryl methyl sites for hydroxylation is 1. The first-order valence-electron chi connectivity index (χ1n) is 15.7. The zero-order valence-corrected chi connectivity index (χ0v) is 29.7. The van der Waals surface area contributed by atoms with Crippen LogP contribution in [-0.4, -0.2) is 52.8 Å². The lowest BCUT2D eigenvalue weighted by Crippen LogP contribution is -3.00. The van der Waals surface area contributed by atoms with Crippen LogP contribution in [0.3, 0.4) is 0 Å². The van der Waals surface area contributed by atoms with Crippen LogP contribution in [0.4, 0.5) is 0 Å². The molecule has 0 saturated carbocycles. The third kappa shape index (κ3) is 10.6. The van der Waals surface area contributed by atoms with Gasteiger partial charge >= 0.3 is 0 Å². The van der Waals surface area contributed by atoms with Gasteiger partial charge in [-0.3, -0.25) is 4.98 Å². The van der Waals surface area contributed by atoms with Crippen molar-refractivity contribution in [1.29, 1.82) is 0 Å². The molecule has 2 aliphatic heterocycles. The maximum absolute atomic E-state index is 10.4. The summed E-state index contributed by atoms with van der Waals surface area (Å²) in [6, 6.07) is 7.52.